The van der Waals surface area contributed by atoms with E-state index in [0.29, 0.717) is 17.0 Å². The van der Waals surface area contributed by atoms with E-state index in [2.05, 4.69) is 10.3 Å². The van der Waals surface area contributed by atoms with Gasteiger partial charge in [0.15, 0.2) is 0 Å². The Morgan fingerprint density at radius 2 is 1.86 bits per heavy atom. The second-order valence-corrected chi connectivity index (χ2v) is 5.42. The molecule has 110 valence electrons. The first-order valence-corrected chi connectivity index (χ1v) is 7.11. The Labute approximate surface area is 133 Å². The number of carbonyl (C=O) groups is 1. The minimum absolute atomic E-state index is 0.0637. The van der Waals surface area contributed by atoms with Gasteiger partial charge < -0.3 is 10.1 Å². The summed E-state index contributed by atoms with van der Waals surface area (Å²) < 4.78 is 5.58. The molecule has 2 aromatic rings. The number of anilines is 1. The maximum Gasteiger partial charge on any atom is 0.255 e. The first-order chi connectivity index (χ1) is 9.94. The van der Waals surface area contributed by atoms with Crippen molar-refractivity contribution in [3.63, 3.8) is 0 Å². The zero-order chi connectivity index (χ0) is 15.4. The first kappa shape index (κ1) is 15.6. The van der Waals surface area contributed by atoms with Gasteiger partial charge in [-0.3, -0.25) is 4.79 Å². The molecule has 2 rings (SSSR count). The molecule has 0 aliphatic carbocycles. The molecule has 1 amide bonds. The predicted octanol–water partition coefficient (Wildman–Crippen LogP) is 4.43. The summed E-state index contributed by atoms with van der Waals surface area (Å²) in [7, 11) is 0. The monoisotopic (exact) mass is 324 g/mol. The summed E-state index contributed by atoms with van der Waals surface area (Å²) in [6.07, 6.45) is 0.0637. The lowest BCUT2D eigenvalue weighted by Crippen LogP contribution is -2.12. The van der Waals surface area contributed by atoms with Crippen molar-refractivity contribution < 1.29 is 9.53 Å². The number of hydrogen-bond donors (Lipinski definition) is 1. The van der Waals surface area contributed by atoms with Crippen LogP contribution in [0.5, 0.6) is 5.75 Å². The Balaban J connectivity index is 2.15. The van der Waals surface area contributed by atoms with Crippen molar-refractivity contribution in [3.8, 4) is 5.75 Å². The van der Waals surface area contributed by atoms with Crippen molar-refractivity contribution in [2.24, 2.45) is 0 Å². The van der Waals surface area contributed by atoms with Crippen LogP contribution in [0.4, 0.5) is 5.69 Å². The maximum atomic E-state index is 12.2. The number of ether oxygens (including phenoxy) is 1. The third-order valence-corrected chi connectivity index (χ3v) is 2.88. The first-order valence-electron chi connectivity index (χ1n) is 6.35. The van der Waals surface area contributed by atoms with Gasteiger partial charge in [0.2, 0.25) is 0 Å². The summed E-state index contributed by atoms with van der Waals surface area (Å²) in [5.74, 6) is 0.372. The predicted molar refractivity (Wildman–Crippen MR) is 84.4 cm³/mol. The summed E-state index contributed by atoms with van der Waals surface area (Å²) in [6, 6.07) is 10.1. The van der Waals surface area contributed by atoms with Crippen LogP contribution in [0.25, 0.3) is 0 Å². The molecule has 0 radical (unpaired) electrons. The molecule has 0 fully saturated rings. The summed E-state index contributed by atoms with van der Waals surface area (Å²) in [5, 5.41) is 3.10. The van der Waals surface area contributed by atoms with Crippen LogP contribution in [-0.2, 0) is 0 Å². The molecule has 0 spiro atoms. The molecule has 0 unspecified atom stereocenters. The van der Waals surface area contributed by atoms with E-state index in [1.54, 1.807) is 18.2 Å². The van der Waals surface area contributed by atoms with Gasteiger partial charge in [-0.2, -0.15) is 0 Å². The van der Waals surface area contributed by atoms with E-state index in [0.717, 1.165) is 0 Å². The van der Waals surface area contributed by atoms with Crippen molar-refractivity contribution in [1.29, 1.82) is 0 Å². The molecule has 1 aromatic heterocycles. The highest BCUT2D eigenvalue weighted by Gasteiger charge is 2.10. The molecule has 0 saturated carbocycles. The number of benzene rings is 1. The van der Waals surface area contributed by atoms with Crippen LogP contribution in [0.2, 0.25) is 10.3 Å². The van der Waals surface area contributed by atoms with E-state index in [9.17, 15) is 4.79 Å². The number of amides is 1. The van der Waals surface area contributed by atoms with Gasteiger partial charge in [0, 0.05) is 17.3 Å². The minimum atomic E-state index is -0.317. The number of rotatable bonds is 4. The molecular formula is C15H14Cl2N2O2. The zero-order valence-electron chi connectivity index (χ0n) is 11.6. The molecular weight excluding hydrogens is 311 g/mol. The summed E-state index contributed by atoms with van der Waals surface area (Å²) >= 11 is 11.6. The fraction of sp³-hybridized carbons (Fsp3) is 0.200. The molecule has 4 nitrogen and oxygen atoms in total. The fourth-order valence-electron chi connectivity index (χ4n) is 1.72. The second kappa shape index (κ2) is 6.78. The van der Waals surface area contributed by atoms with Gasteiger partial charge >= 0.3 is 0 Å². The van der Waals surface area contributed by atoms with Crippen molar-refractivity contribution in [2.75, 3.05) is 5.32 Å². The quantitative estimate of drug-likeness (QED) is 0.846. The Bertz CT molecular complexity index is 640. The fourth-order valence-corrected chi connectivity index (χ4v) is 2.18. The normalized spacial score (nSPS) is 10.5. The van der Waals surface area contributed by atoms with Gasteiger partial charge in [-0.25, -0.2) is 4.98 Å². The number of hydrogen-bond acceptors (Lipinski definition) is 3. The van der Waals surface area contributed by atoms with Crippen molar-refractivity contribution in [1.82, 2.24) is 4.98 Å². The van der Waals surface area contributed by atoms with E-state index in [4.69, 9.17) is 27.9 Å². The van der Waals surface area contributed by atoms with E-state index in [1.807, 2.05) is 19.9 Å². The number of halogens is 2. The summed E-state index contributed by atoms with van der Waals surface area (Å²) in [5.41, 5.74) is 0.970. The van der Waals surface area contributed by atoms with Crippen molar-refractivity contribution >= 4 is 34.8 Å². The van der Waals surface area contributed by atoms with Crippen molar-refractivity contribution in [3.05, 3.63) is 52.3 Å². The average Bonchev–Trinajstić information content (AvgIpc) is 2.37. The molecule has 1 heterocycles. The molecule has 0 atom stereocenters. The molecule has 1 aromatic carbocycles. The smallest absolute Gasteiger partial charge is 0.255 e. The Kier molecular flexibility index (Phi) is 5.04. The Morgan fingerprint density at radius 3 is 2.48 bits per heavy atom. The number of pyridine rings is 1. The molecule has 0 aliphatic rings. The van der Waals surface area contributed by atoms with Crippen molar-refractivity contribution in [2.45, 2.75) is 20.0 Å². The van der Waals surface area contributed by atoms with Gasteiger partial charge in [-0.1, -0.05) is 29.3 Å². The van der Waals surface area contributed by atoms with Crippen LogP contribution in [0, 0.1) is 0 Å². The molecule has 6 heteroatoms. The number of carbonyl (C=O) groups excluding carboxylic acids is 1. The van der Waals surface area contributed by atoms with Gasteiger partial charge in [0.05, 0.1) is 6.10 Å². The van der Waals surface area contributed by atoms with Crippen LogP contribution < -0.4 is 10.1 Å². The van der Waals surface area contributed by atoms with Crippen LogP contribution in [0.3, 0.4) is 0 Å². The highest BCUT2D eigenvalue weighted by molar-refractivity contribution is 6.33. The molecule has 21 heavy (non-hydrogen) atoms. The van der Waals surface area contributed by atoms with E-state index < -0.39 is 0 Å². The van der Waals surface area contributed by atoms with Gasteiger partial charge in [0.1, 0.15) is 16.1 Å². The minimum Gasteiger partial charge on any atom is -0.491 e. The number of nitrogens with zero attached hydrogens (tertiary/aromatic N) is 1. The maximum absolute atomic E-state index is 12.2. The topological polar surface area (TPSA) is 51.2 Å². The highest BCUT2D eigenvalue weighted by atomic mass is 35.5. The third kappa shape index (κ3) is 4.62. The number of nitrogens with one attached hydrogen (secondary N) is 1. The standard InChI is InChI=1S/C15H14Cl2N2O2/c1-9(2)21-12-5-3-4-11(8-12)18-15(20)10-6-13(16)19-14(17)7-10/h3-9H,1-2H3,(H,18,20). The van der Waals surface area contributed by atoms with Gasteiger partial charge in [-0.05, 0) is 38.1 Å². The lowest BCUT2D eigenvalue weighted by atomic mass is 10.2. The zero-order valence-corrected chi connectivity index (χ0v) is 13.1. The molecule has 0 saturated heterocycles. The molecule has 0 bridgehead atoms. The lowest BCUT2D eigenvalue weighted by molar-refractivity contribution is 0.102. The van der Waals surface area contributed by atoms with Gasteiger partial charge in [0.25, 0.3) is 5.91 Å². The Morgan fingerprint density at radius 1 is 1.19 bits per heavy atom. The number of aromatic nitrogens is 1. The van der Waals surface area contributed by atoms with Crippen LogP contribution in [-0.4, -0.2) is 17.0 Å². The van der Waals surface area contributed by atoms with E-state index >= 15 is 0 Å². The van der Waals surface area contributed by atoms with Crippen LogP contribution >= 0.6 is 23.2 Å². The molecule has 1 N–H and O–H groups in total. The Hall–Kier alpha value is -1.78. The van der Waals surface area contributed by atoms with Crippen LogP contribution in [0.1, 0.15) is 24.2 Å². The summed E-state index contributed by atoms with van der Waals surface area (Å²) in [4.78, 5) is 16.0. The third-order valence-electron chi connectivity index (χ3n) is 2.49. The lowest BCUT2D eigenvalue weighted by Gasteiger charge is -2.11. The van der Waals surface area contributed by atoms with Gasteiger partial charge in [-0.15, -0.1) is 0 Å². The average molecular weight is 325 g/mol. The SMILES string of the molecule is CC(C)Oc1cccc(NC(=O)c2cc(Cl)nc(Cl)c2)c1. The van der Waals surface area contributed by atoms with Crippen LogP contribution in [0.15, 0.2) is 36.4 Å². The molecule has 0 aliphatic heterocycles. The van der Waals surface area contributed by atoms with E-state index in [1.165, 1.54) is 12.1 Å². The summed E-state index contributed by atoms with van der Waals surface area (Å²) in [6.45, 7) is 3.87. The highest BCUT2D eigenvalue weighted by Crippen LogP contribution is 2.20. The largest absolute Gasteiger partial charge is 0.491 e. The van der Waals surface area contributed by atoms with E-state index in [-0.39, 0.29) is 22.3 Å². The second-order valence-electron chi connectivity index (χ2n) is 4.65.